The van der Waals surface area contributed by atoms with E-state index in [1.807, 2.05) is 19.9 Å². The minimum Gasteiger partial charge on any atom is -0.391 e. The van der Waals surface area contributed by atoms with Crippen LogP contribution in [0, 0.1) is 19.7 Å². The number of aliphatic hydroxyl groups is 1. The van der Waals surface area contributed by atoms with Crippen LogP contribution in [0.1, 0.15) is 17.8 Å². The van der Waals surface area contributed by atoms with Gasteiger partial charge in [0.1, 0.15) is 5.69 Å². The van der Waals surface area contributed by atoms with E-state index in [1.54, 1.807) is 12.1 Å². The number of aromatic nitrogens is 2. The molecule has 23 heavy (non-hydrogen) atoms. The predicted molar refractivity (Wildman–Crippen MR) is 84.2 cm³/mol. The number of nitrogens with zero attached hydrogens (tertiary/aromatic N) is 3. The maximum atomic E-state index is 14.3. The third kappa shape index (κ3) is 3.19. The fourth-order valence-corrected chi connectivity index (χ4v) is 2.76. The second-order valence-corrected chi connectivity index (χ2v) is 5.82. The summed E-state index contributed by atoms with van der Waals surface area (Å²) in [4.78, 5) is 13.6. The van der Waals surface area contributed by atoms with Gasteiger partial charge in [0.05, 0.1) is 11.8 Å². The predicted octanol–water partition coefficient (Wildman–Crippen LogP) is 2.23. The summed E-state index contributed by atoms with van der Waals surface area (Å²) in [5.41, 5.74) is 2.36. The van der Waals surface area contributed by atoms with E-state index in [2.05, 4.69) is 10.4 Å². The van der Waals surface area contributed by atoms with Crippen LogP contribution in [0.3, 0.4) is 0 Å². The van der Waals surface area contributed by atoms with E-state index >= 15 is 0 Å². The van der Waals surface area contributed by atoms with Crippen LogP contribution in [-0.2, 0) is 0 Å². The molecular weight excluding hydrogens is 299 g/mol. The molecule has 0 saturated carbocycles. The number of likely N-dealkylation sites (tertiary alicyclic amines) is 1. The average Bonchev–Trinajstić information content (AvgIpc) is 3.05. The van der Waals surface area contributed by atoms with Crippen LogP contribution < -0.4 is 5.32 Å². The number of amides is 2. The molecule has 2 aromatic rings. The molecule has 1 aromatic heterocycles. The van der Waals surface area contributed by atoms with Crippen molar-refractivity contribution in [3.63, 3.8) is 0 Å². The Hall–Kier alpha value is -2.41. The highest BCUT2D eigenvalue weighted by molar-refractivity contribution is 5.89. The van der Waals surface area contributed by atoms with Crippen molar-refractivity contribution in [1.82, 2.24) is 14.7 Å². The van der Waals surface area contributed by atoms with Crippen molar-refractivity contribution >= 4 is 11.7 Å². The lowest BCUT2D eigenvalue weighted by atomic mass is 10.2. The number of hydrogen-bond donors (Lipinski definition) is 2. The first-order valence-corrected chi connectivity index (χ1v) is 7.51. The third-order valence-corrected chi connectivity index (χ3v) is 3.89. The van der Waals surface area contributed by atoms with Gasteiger partial charge in [0.15, 0.2) is 5.82 Å². The molecule has 122 valence electrons. The quantitative estimate of drug-likeness (QED) is 0.892. The molecule has 7 heteroatoms. The number of aliphatic hydroxyl groups excluding tert-OH is 1. The van der Waals surface area contributed by atoms with E-state index in [9.17, 15) is 14.3 Å². The van der Waals surface area contributed by atoms with E-state index in [4.69, 9.17) is 0 Å². The highest BCUT2D eigenvalue weighted by Gasteiger charge is 2.24. The summed E-state index contributed by atoms with van der Waals surface area (Å²) >= 11 is 0. The SMILES string of the molecule is Cc1cc(C)n(-c2ccc(NC(=O)N3CC[C@@H](O)C3)cc2F)n1. The standard InChI is InChI=1S/C16H19FN4O2/c1-10-7-11(2)21(19-10)15-4-3-12(8-14(15)17)18-16(23)20-6-5-13(22)9-20/h3-4,7-8,13,22H,5-6,9H2,1-2H3,(H,18,23)/t13-/m1/s1. The number of nitrogens with one attached hydrogen (secondary N) is 1. The van der Waals surface area contributed by atoms with Crippen molar-refractivity contribution in [1.29, 1.82) is 0 Å². The molecule has 1 atom stereocenters. The van der Waals surface area contributed by atoms with Gasteiger partial charge in [-0.2, -0.15) is 5.10 Å². The summed E-state index contributed by atoms with van der Waals surface area (Å²) in [6.07, 6.45) is 0.0874. The monoisotopic (exact) mass is 318 g/mol. The van der Waals surface area contributed by atoms with Crippen LogP contribution >= 0.6 is 0 Å². The Morgan fingerprint density at radius 2 is 2.17 bits per heavy atom. The van der Waals surface area contributed by atoms with Crippen molar-refractivity contribution < 1.29 is 14.3 Å². The summed E-state index contributed by atoms with van der Waals surface area (Å²) in [5.74, 6) is -0.463. The number of β-amino-alcohol motifs (C(OH)–C–C–N with tert-alkyl or cyclic N) is 1. The Morgan fingerprint density at radius 1 is 1.39 bits per heavy atom. The van der Waals surface area contributed by atoms with Crippen molar-refractivity contribution in [2.45, 2.75) is 26.4 Å². The van der Waals surface area contributed by atoms with Crippen LogP contribution in [0.25, 0.3) is 5.69 Å². The highest BCUT2D eigenvalue weighted by Crippen LogP contribution is 2.20. The fourth-order valence-electron chi connectivity index (χ4n) is 2.76. The number of rotatable bonds is 2. The van der Waals surface area contributed by atoms with Gasteiger partial charge in [-0.05, 0) is 44.5 Å². The van der Waals surface area contributed by atoms with Gasteiger partial charge in [0.25, 0.3) is 0 Å². The van der Waals surface area contributed by atoms with Crippen LogP contribution in [-0.4, -0.2) is 45.0 Å². The van der Waals surface area contributed by atoms with Gasteiger partial charge in [-0.3, -0.25) is 0 Å². The lowest BCUT2D eigenvalue weighted by molar-refractivity contribution is 0.176. The summed E-state index contributed by atoms with van der Waals surface area (Å²) < 4.78 is 15.9. The minimum absolute atomic E-state index is 0.304. The Kier molecular flexibility index (Phi) is 4.04. The van der Waals surface area contributed by atoms with E-state index in [0.29, 0.717) is 30.9 Å². The van der Waals surface area contributed by atoms with Gasteiger partial charge in [0, 0.05) is 24.5 Å². The topological polar surface area (TPSA) is 70.4 Å². The lowest BCUT2D eigenvalue weighted by Gasteiger charge is -2.17. The lowest BCUT2D eigenvalue weighted by Crippen LogP contribution is -2.33. The first-order chi connectivity index (χ1) is 10.9. The van der Waals surface area contributed by atoms with Crippen molar-refractivity contribution in [3.05, 3.63) is 41.5 Å². The van der Waals surface area contributed by atoms with E-state index < -0.39 is 11.9 Å². The van der Waals surface area contributed by atoms with Crippen molar-refractivity contribution in [2.24, 2.45) is 0 Å². The number of carbonyl (C=O) groups is 1. The van der Waals surface area contributed by atoms with Gasteiger partial charge in [-0.1, -0.05) is 0 Å². The summed E-state index contributed by atoms with van der Waals surface area (Å²) in [6, 6.07) is 6.03. The number of benzene rings is 1. The van der Waals surface area contributed by atoms with E-state index in [1.165, 1.54) is 15.6 Å². The molecule has 1 fully saturated rings. The number of halogens is 1. The first kappa shape index (κ1) is 15.5. The largest absolute Gasteiger partial charge is 0.391 e. The summed E-state index contributed by atoms with van der Waals surface area (Å²) in [7, 11) is 0. The molecule has 1 aliphatic heterocycles. The summed E-state index contributed by atoms with van der Waals surface area (Å²) in [6.45, 7) is 4.51. The molecule has 0 spiro atoms. The van der Waals surface area contributed by atoms with Crippen molar-refractivity contribution in [2.75, 3.05) is 18.4 Å². The molecule has 1 aliphatic rings. The number of carbonyl (C=O) groups excluding carboxylic acids is 1. The molecule has 0 unspecified atom stereocenters. The Bertz CT molecular complexity index is 744. The molecule has 0 radical (unpaired) electrons. The zero-order chi connectivity index (χ0) is 16.6. The van der Waals surface area contributed by atoms with Gasteiger partial charge in [-0.25, -0.2) is 13.9 Å². The molecule has 0 bridgehead atoms. The Labute approximate surface area is 133 Å². The fraction of sp³-hybridized carbons (Fsp3) is 0.375. The first-order valence-electron chi connectivity index (χ1n) is 7.51. The summed E-state index contributed by atoms with van der Waals surface area (Å²) in [5, 5.41) is 16.4. The van der Waals surface area contributed by atoms with E-state index in [0.717, 1.165) is 11.4 Å². The van der Waals surface area contributed by atoms with Crippen LogP contribution in [0.5, 0.6) is 0 Å². The molecule has 0 aliphatic carbocycles. The van der Waals surface area contributed by atoms with E-state index in [-0.39, 0.29) is 6.03 Å². The molecule has 1 aromatic carbocycles. The third-order valence-electron chi connectivity index (χ3n) is 3.89. The van der Waals surface area contributed by atoms with Crippen molar-refractivity contribution in [3.8, 4) is 5.69 Å². The highest BCUT2D eigenvalue weighted by atomic mass is 19.1. The Morgan fingerprint density at radius 3 is 2.74 bits per heavy atom. The second-order valence-electron chi connectivity index (χ2n) is 5.82. The number of urea groups is 1. The normalized spacial score (nSPS) is 17.6. The smallest absolute Gasteiger partial charge is 0.321 e. The van der Waals surface area contributed by atoms with Gasteiger partial charge < -0.3 is 15.3 Å². The van der Waals surface area contributed by atoms with Gasteiger partial charge in [0.2, 0.25) is 0 Å². The van der Waals surface area contributed by atoms with Crippen LogP contribution in [0.4, 0.5) is 14.9 Å². The minimum atomic E-state index is -0.481. The molecule has 6 nitrogen and oxygen atoms in total. The molecule has 2 heterocycles. The number of aryl methyl sites for hydroxylation is 2. The van der Waals surface area contributed by atoms with Gasteiger partial charge in [-0.15, -0.1) is 0 Å². The maximum absolute atomic E-state index is 14.3. The Balaban J connectivity index is 1.77. The molecule has 1 saturated heterocycles. The zero-order valence-corrected chi connectivity index (χ0v) is 13.1. The average molecular weight is 318 g/mol. The second kappa shape index (κ2) is 6.00. The number of anilines is 1. The molecule has 3 rings (SSSR count). The number of hydrogen-bond acceptors (Lipinski definition) is 3. The van der Waals surface area contributed by atoms with Gasteiger partial charge >= 0.3 is 6.03 Å². The van der Waals surface area contributed by atoms with Crippen LogP contribution in [0.15, 0.2) is 24.3 Å². The molecule has 2 amide bonds. The maximum Gasteiger partial charge on any atom is 0.321 e. The molecular formula is C16H19FN4O2. The molecule has 2 N–H and O–H groups in total. The van der Waals surface area contributed by atoms with Crippen LogP contribution in [0.2, 0.25) is 0 Å². The zero-order valence-electron chi connectivity index (χ0n) is 13.1.